The predicted octanol–water partition coefficient (Wildman–Crippen LogP) is 2.17. The van der Waals surface area contributed by atoms with E-state index in [1.54, 1.807) is 5.92 Å². The van der Waals surface area contributed by atoms with Gasteiger partial charge in [0.25, 0.3) is 0 Å². The van der Waals surface area contributed by atoms with Crippen molar-refractivity contribution in [1.82, 2.24) is 0 Å². The van der Waals surface area contributed by atoms with Crippen molar-refractivity contribution in [1.29, 1.82) is 0 Å². The highest BCUT2D eigenvalue weighted by Crippen LogP contribution is 2.25. The largest absolute Gasteiger partial charge is 0.381 e. The lowest BCUT2D eigenvalue weighted by molar-refractivity contribution is -0.0198. The van der Waals surface area contributed by atoms with E-state index in [2.05, 4.69) is 20.8 Å². The number of ether oxygens (including phenoxy) is 1. The van der Waals surface area contributed by atoms with Gasteiger partial charge in [0.2, 0.25) is 0 Å². The van der Waals surface area contributed by atoms with Gasteiger partial charge >= 0.3 is 0 Å². The lowest BCUT2D eigenvalue weighted by Crippen LogP contribution is -2.26. The molecule has 2 atom stereocenters. The van der Waals surface area contributed by atoms with E-state index in [9.17, 15) is 0 Å². The van der Waals surface area contributed by atoms with Gasteiger partial charge in [-0.25, -0.2) is 0 Å². The van der Waals surface area contributed by atoms with E-state index in [1.807, 2.05) is 0 Å². The Bertz CT molecular complexity index is 65.5. The maximum atomic E-state index is 5.54. The van der Waals surface area contributed by atoms with Crippen LogP contribution in [0.25, 0.3) is 0 Å². The minimum absolute atomic E-state index is 0.453. The van der Waals surface area contributed by atoms with E-state index in [4.69, 9.17) is 4.74 Å². The first-order chi connectivity index (χ1) is 4.18. The molecule has 1 fully saturated rings. The van der Waals surface area contributed by atoms with Gasteiger partial charge in [-0.1, -0.05) is 0 Å². The molecule has 0 radical (unpaired) electrons. The fourth-order valence-electron chi connectivity index (χ4n) is 1.56. The van der Waals surface area contributed by atoms with Gasteiger partial charge in [0.15, 0.2) is 0 Å². The number of rotatable bonds is 0. The number of hydrogen-bond acceptors (Lipinski definition) is 1. The molecule has 0 spiro atoms. The number of hydrogen-bond donors (Lipinski definition) is 0. The fraction of sp³-hybridized carbons (Fsp3) is 0.875. The molecule has 1 heterocycles. The maximum Gasteiger partial charge on any atom is 0.0283 e. The minimum atomic E-state index is 0.453. The van der Waals surface area contributed by atoms with Crippen molar-refractivity contribution in [3.05, 3.63) is 5.92 Å². The van der Waals surface area contributed by atoms with Crippen LogP contribution < -0.4 is 0 Å². The minimum Gasteiger partial charge on any atom is -0.381 e. The summed E-state index contributed by atoms with van der Waals surface area (Å²) < 4.78 is 5.54. The third-order valence-electron chi connectivity index (χ3n) is 1.74. The molecule has 1 rings (SSSR count). The Labute approximate surface area is 57.4 Å². The molecule has 54 valence electrons. The second-order valence-electron chi connectivity index (χ2n) is 3.12. The van der Waals surface area contributed by atoms with Gasteiger partial charge in [-0.15, -0.1) is 0 Å². The second-order valence-corrected chi connectivity index (χ2v) is 3.12. The highest BCUT2D eigenvalue weighted by Gasteiger charge is 2.11. The van der Waals surface area contributed by atoms with Gasteiger partial charge in [-0.05, 0) is 13.8 Å². The van der Waals surface area contributed by atoms with Crippen molar-refractivity contribution in [2.75, 3.05) is 0 Å². The van der Waals surface area contributed by atoms with Crippen LogP contribution >= 0.6 is 0 Å². The molecule has 0 aromatic rings. The lowest BCUT2D eigenvalue weighted by atomic mass is 9.95. The third kappa shape index (κ3) is 1.98. The molecular formula is C8H15O-. The van der Waals surface area contributed by atoms with E-state index < -0.39 is 0 Å². The zero-order valence-electron chi connectivity index (χ0n) is 6.48. The Morgan fingerprint density at radius 2 is 1.67 bits per heavy atom. The summed E-state index contributed by atoms with van der Waals surface area (Å²) in [4.78, 5) is 0. The first-order valence-electron chi connectivity index (χ1n) is 3.65. The summed E-state index contributed by atoms with van der Waals surface area (Å²) >= 11 is 0. The van der Waals surface area contributed by atoms with Crippen LogP contribution in [0.3, 0.4) is 0 Å². The Kier molecular flexibility index (Phi) is 2.12. The van der Waals surface area contributed by atoms with Gasteiger partial charge in [0, 0.05) is 12.2 Å². The Morgan fingerprint density at radius 3 is 2.00 bits per heavy atom. The molecule has 0 amide bonds. The standard InChI is InChI=1S/C8H15O/c1-6-4-7(2)9-8(3)5-6/h7-8H,4-5H2,1-3H3/q-1. The summed E-state index contributed by atoms with van der Waals surface area (Å²) in [5.41, 5.74) is 0. The van der Waals surface area contributed by atoms with Crippen LogP contribution in [-0.2, 0) is 4.74 Å². The van der Waals surface area contributed by atoms with Crippen LogP contribution in [0.2, 0.25) is 0 Å². The smallest absolute Gasteiger partial charge is 0.0283 e. The predicted molar refractivity (Wildman–Crippen MR) is 38.2 cm³/mol. The lowest BCUT2D eigenvalue weighted by Gasteiger charge is -2.39. The summed E-state index contributed by atoms with van der Waals surface area (Å²) in [7, 11) is 0. The molecule has 1 saturated heterocycles. The van der Waals surface area contributed by atoms with Crippen molar-refractivity contribution in [2.45, 2.75) is 45.8 Å². The van der Waals surface area contributed by atoms with Gasteiger partial charge in [0.05, 0.1) is 0 Å². The van der Waals surface area contributed by atoms with Crippen LogP contribution in [0.1, 0.15) is 33.6 Å². The average Bonchev–Trinajstić information content (AvgIpc) is 1.59. The van der Waals surface area contributed by atoms with Crippen molar-refractivity contribution in [3.63, 3.8) is 0 Å². The third-order valence-corrected chi connectivity index (χ3v) is 1.74. The fourth-order valence-corrected chi connectivity index (χ4v) is 1.56. The first kappa shape index (κ1) is 7.07. The molecular weight excluding hydrogens is 112 g/mol. The maximum absolute atomic E-state index is 5.54. The average molecular weight is 127 g/mol. The van der Waals surface area contributed by atoms with Crippen LogP contribution in [0, 0.1) is 5.92 Å². The van der Waals surface area contributed by atoms with E-state index in [1.165, 1.54) is 0 Å². The molecule has 0 aromatic carbocycles. The molecule has 0 bridgehead atoms. The quantitative estimate of drug-likeness (QED) is 0.453. The van der Waals surface area contributed by atoms with Crippen LogP contribution in [0.15, 0.2) is 0 Å². The van der Waals surface area contributed by atoms with Crippen molar-refractivity contribution in [3.8, 4) is 0 Å². The molecule has 1 heteroatoms. The van der Waals surface area contributed by atoms with Crippen molar-refractivity contribution in [2.24, 2.45) is 0 Å². The highest BCUT2D eigenvalue weighted by molar-refractivity contribution is 4.91. The summed E-state index contributed by atoms with van der Waals surface area (Å²) in [6.45, 7) is 6.49. The van der Waals surface area contributed by atoms with E-state index in [-0.39, 0.29) is 0 Å². The molecule has 0 saturated carbocycles. The zero-order chi connectivity index (χ0) is 6.85. The Balaban J connectivity index is 2.34. The summed E-state index contributed by atoms with van der Waals surface area (Å²) in [5.74, 6) is 1.58. The highest BCUT2D eigenvalue weighted by atomic mass is 16.5. The molecule has 1 nitrogen and oxygen atoms in total. The van der Waals surface area contributed by atoms with Crippen molar-refractivity contribution >= 4 is 0 Å². The van der Waals surface area contributed by atoms with E-state index in [0.717, 1.165) is 12.8 Å². The second kappa shape index (κ2) is 2.70. The summed E-state index contributed by atoms with van der Waals surface area (Å²) in [6.07, 6.45) is 3.22. The molecule has 1 aliphatic heterocycles. The van der Waals surface area contributed by atoms with Gasteiger partial charge in [-0.2, -0.15) is 19.8 Å². The first-order valence-corrected chi connectivity index (χ1v) is 3.65. The molecule has 0 N–H and O–H groups in total. The van der Waals surface area contributed by atoms with Gasteiger partial charge < -0.3 is 10.7 Å². The van der Waals surface area contributed by atoms with Crippen LogP contribution in [0.4, 0.5) is 0 Å². The van der Waals surface area contributed by atoms with Crippen LogP contribution in [0.5, 0.6) is 0 Å². The monoisotopic (exact) mass is 127 g/mol. The van der Waals surface area contributed by atoms with Crippen LogP contribution in [-0.4, -0.2) is 12.2 Å². The normalized spacial score (nSPS) is 39.0. The Morgan fingerprint density at radius 1 is 1.22 bits per heavy atom. The molecule has 0 aromatic heterocycles. The topological polar surface area (TPSA) is 9.23 Å². The molecule has 0 aliphatic carbocycles. The zero-order valence-corrected chi connectivity index (χ0v) is 6.48. The SMILES string of the molecule is C[C-]1CC(C)OC(C)C1. The molecule has 2 unspecified atom stereocenters. The Hall–Kier alpha value is -0.0400. The summed E-state index contributed by atoms with van der Waals surface area (Å²) in [5, 5.41) is 0. The van der Waals surface area contributed by atoms with E-state index in [0.29, 0.717) is 12.2 Å². The summed E-state index contributed by atoms with van der Waals surface area (Å²) in [6, 6.07) is 0. The van der Waals surface area contributed by atoms with E-state index >= 15 is 0 Å². The van der Waals surface area contributed by atoms with Crippen molar-refractivity contribution < 1.29 is 4.74 Å². The molecule has 1 aliphatic rings. The van der Waals surface area contributed by atoms with Gasteiger partial charge in [-0.3, -0.25) is 0 Å². The van der Waals surface area contributed by atoms with Gasteiger partial charge in [0.1, 0.15) is 0 Å². The molecule has 9 heavy (non-hydrogen) atoms.